The van der Waals surface area contributed by atoms with Gasteiger partial charge >= 0.3 is 6.09 Å². The molecule has 2 saturated carbocycles. The van der Waals surface area contributed by atoms with Gasteiger partial charge in [-0.2, -0.15) is 0 Å². The molecule has 2 unspecified atom stereocenters. The normalized spacial score (nSPS) is 26.6. The lowest BCUT2D eigenvalue weighted by Crippen LogP contribution is -2.60. The van der Waals surface area contributed by atoms with Crippen LogP contribution in [-0.2, 0) is 14.3 Å². The van der Waals surface area contributed by atoms with Crippen LogP contribution in [0.1, 0.15) is 91.9 Å². The smallest absolute Gasteiger partial charge is 0.408 e. The second kappa shape index (κ2) is 12.7. The van der Waals surface area contributed by atoms with Crippen LogP contribution in [-0.4, -0.2) is 70.1 Å². The first kappa shape index (κ1) is 28.1. The molecule has 1 heterocycles. The monoisotopic (exact) mass is 510 g/mol. The van der Waals surface area contributed by atoms with E-state index in [-0.39, 0.29) is 24.0 Å². The molecule has 3 amide bonds. The van der Waals surface area contributed by atoms with E-state index < -0.39 is 22.9 Å². The first-order valence-corrected chi connectivity index (χ1v) is 14.4. The third-order valence-corrected chi connectivity index (χ3v) is 9.26. The molecule has 0 aromatic heterocycles. The van der Waals surface area contributed by atoms with Crippen LogP contribution in [0, 0.1) is 5.92 Å². The Bertz CT molecular complexity index is 733. The van der Waals surface area contributed by atoms with Gasteiger partial charge in [-0.15, -0.1) is 11.8 Å². The second-order valence-corrected chi connectivity index (χ2v) is 13.3. The summed E-state index contributed by atoms with van der Waals surface area (Å²) >= 11 is 1.78. The number of carbonyl (C=O) groups excluding carboxylic acids is 3. The van der Waals surface area contributed by atoms with E-state index in [4.69, 9.17) is 10.5 Å². The summed E-state index contributed by atoms with van der Waals surface area (Å²) in [5.74, 6) is 0.171. The van der Waals surface area contributed by atoms with E-state index in [1.54, 1.807) is 30.5 Å². The van der Waals surface area contributed by atoms with Crippen molar-refractivity contribution in [1.82, 2.24) is 15.5 Å². The van der Waals surface area contributed by atoms with Crippen molar-refractivity contribution in [2.75, 3.05) is 13.1 Å². The zero-order valence-corrected chi connectivity index (χ0v) is 22.8. The molecule has 2 atom stereocenters. The predicted molar refractivity (Wildman–Crippen MR) is 140 cm³/mol. The van der Waals surface area contributed by atoms with E-state index in [1.165, 1.54) is 12.8 Å². The summed E-state index contributed by atoms with van der Waals surface area (Å²) in [6.45, 7) is 8.78. The number of carbonyl (C=O) groups is 3. The molecule has 0 spiro atoms. The number of rotatable bonds is 9. The third kappa shape index (κ3) is 8.00. The van der Waals surface area contributed by atoms with Gasteiger partial charge in [0.1, 0.15) is 12.1 Å². The Kier molecular flexibility index (Phi) is 10.2. The number of amides is 3. The Hall–Kier alpha value is -1.48. The molecule has 8 nitrogen and oxygen atoms in total. The van der Waals surface area contributed by atoms with E-state index in [2.05, 4.69) is 10.6 Å². The average Bonchev–Trinajstić information content (AvgIpc) is 3.48. The lowest BCUT2D eigenvalue weighted by Gasteiger charge is -2.38. The summed E-state index contributed by atoms with van der Waals surface area (Å²) in [5.41, 5.74) is 6.01. The minimum absolute atomic E-state index is 0.0875. The number of hydrogen-bond acceptors (Lipinski definition) is 6. The number of likely N-dealkylation sites (tertiary alicyclic amines) is 1. The van der Waals surface area contributed by atoms with Crippen molar-refractivity contribution < 1.29 is 19.1 Å². The molecule has 3 fully saturated rings. The van der Waals surface area contributed by atoms with Crippen LogP contribution in [0.2, 0.25) is 0 Å². The van der Waals surface area contributed by atoms with Gasteiger partial charge in [0.15, 0.2) is 0 Å². The lowest BCUT2D eigenvalue weighted by atomic mass is 9.86. The number of ether oxygens (including phenoxy) is 1. The van der Waals surface area contributed by atoms with E-state index in [1.807, 2.05) is 13.8 Å². The third-order valence-electron chi connectivity index (χ3n) is 7.61. The van der Waals surface area contributed by atoms with Gasteiger partial charge in [-0.1, -0.05) is 12.8 Å². The summed E-state index contributed by atoms with van der Waals surface area (Å²) in [5, 5.41) is 6.45. The highest BCUT2D eigenvalue weighted by Crippen LogP contribution is 2.40. The molecular formula is C26H46N4O4S. The van der Waals surface area contributed by atoms with Gasteiger partial charge < -0.3 is 26.0 Å². The highest BCUT2D eigenvalue weighted by atomic mass is 32.2. The van der Waals surface area contributed by atoms with E-state index in [9.17, 15) is 14.4 Å². The standard InChI is InChI=1S/C26H46N4O4S/c1-17(2)34-25(33)29-22(26(3,4)35-20-8-5-6-9-20)24(32)30-15-7-10-21(30)23(31)28-16-18-11-13-19(27)14-12-18/h17-22H,5-16,27H2,1-4H3,(H,28,31)(H,29,33). The second-order valence-electron chi connectivity index (χ2n) is 11.4. The van der Waals surface area contributed by atoms with Gasteiger partial charge in [0, 0.05) is 29.1 Å². The van der Waals surface area contributed by atoms with Crippen LogP contribution in [0.25, 0.3) is 0 Å². The fourth-order valence-electron chi connectivity index (χ4n) is 5.63. The van der Waals surface area contributed by atoms with Gasteiger partial charge in [-0.25, -0.2) is 4.79 Å². The van der Waals surface area contributed by atoms with Gasteiger partial charge in [0.25, 0.3) is 0 Å². The number of hydrogen-bond donors (Lipinski definition) is 3. The number of nitrogens with zero attached hydrogens (tertiary/aromatic N) is 1. The average molecular weight is 511 g/mol. The zero-order chi connectivity index (χ0) is 25.6. The number of nitrogens with one attached hydrogen (secondary N) is 2. The Morgan fingerprint density at radius 2 is 1.69 bits per heavy atom. The molecule has 200 valence electrons. The van der Waals surface area contributed by atoms with Crippen LogP contribution < -0.4 is 16.4 Å². The summed E-state index contributed by atoms with van der Waals surface area (Å²) < 4.78 is 4.79. The molecule has 9 heteroatoms. The number of nitrogens with two attached hydrogens (primary N) is 1. The molecule has 3 rings (SSSR count). The quantitative estimate of drug-likeness (QED) is 0.437. The summed E-state index contributed by atoms with van der Waals surface area (Å²) in [7, 11) is 0. The van der Waals surface area contributed by atoms with Crippen molar-refractivity contribution in [2.45, 2.75) is 126 Å². The van der Waals surface area contributed by atoms with E-state index in [0.29, 0.717) is 30.7 Å². The maximum atomic E-state index is 13.9. The van der Waals surface area contributed by atoms with Crippen molar-refractivity contribution in [1.29, 1.82) is 0 Å². The number of alkyl carbamates (subject to hydrolysis) is 1. The first-order valence-electron chi connectivity index (χ1n) is 13.6. The summed E-state index contributed by atoms with van der Waals surface area (Å²) in [4.78, 5) is 41.3. The Morgan fingerprint density at radius 1 is 1.03 bits per heavy atom. The van der Waals surface area contributed by atoms with Crippen LogP contribution >= 0.6 is 11.8 Å². The van der Waals surface area contributed by atoms with Crippen LogP contribution in [0.5, 0.6) is 0 Å². The van der Waals surface area contributed by atoms with Crippen LogP contribution in [0.15, 0.2) is 0 Å². The highest BCUT2D eigenvalue weighted by molar-refractivity contribution is 8.01. The Labute approximate surface area is 215 Å². The molecule has 35 heavy (non-hydrogen) atoms. The van der Waals surface area contributed by atoms with Crippen molar-refractivity contribution in [3.05, 3.63) is 0 Å². The lowest BCUT2D eigenvalue weighted by molar-refractivity contribution is -0.140. The van der Waals surface area contributed by atoms with Crippen molar-refractivity contribution in [2.24, 2.45) is 11.7 Å². The zero-order valence-electron chi connectivity index (χ0n) is 22.0. The van der Waals surface area contributed by atoms with E-state index >= 15 is 0 Å². The Morgan fingerprint density at radius 3 is 2.31 bits per heavy atom. The topological polar surface area (TPSA) is 114 Å². The van der Waals surface area contributed by atoms with Crippen molar-refractivity contribution in [3.63, 3.8) is 0 Å². The SMILES string of the molecule is CC(C)OC(=O)NC(C(=O)N1CCCC1C(=O)NCC1CCC(N)CC1)C(C)(C)SC1CCCC1. The maximum absolute atomic E-state index is 13.9. The Balaban J connectivity index is 1.67. The molecule has 0 radical (unpaired) electrons. The molecule has 0 aromatic carbocycles. The first-order chi connectivity index (χ1) is 16.6. The fraction of sp³-hybridized carbons (Fsp3) is 0.885. The molecule has 1 saturated heterocycles. The van der Waals surface area contributed by atoms with Crippen molar-refractivity contribution >= 4 is 29.7 Å². The molecule has 3 aliphatic rings. The van der Waals surface area contributed by atoms with Gasteiger partial charge in [0.05, 0.1) is 6.10 Å². The molecule has 0 aromatic rings. The van der Waals surface area contributed by atoms with Crippen molar-refractivity contribution in [3.8, 4) is 0 Å². The molecule has 0 bridgehead atoms. The largest absolute Gasteiger partial charge is 0.447 e. The minimum Gasteiger partial charge on any atom is -0.447 e. The minimum atomic E-state index is -0.771. The summed E-state index contributed by atoms with van der Waals surface area (Å²) in [6.07, 6.45) is 9.30. The van der Waals surface area contributed by atoms with Crippen LogP contribution in [0.4, 0.5) is 4.79 Å². The van der Waals surface area contributed by atoms with Gasteiger partial charge in [0.2, 0.25) is 11.8 Å². The summed E-state index contributed by atoms with van der Waals surface area (Å²) in [6, 6.07) is -0.985. The number of thioether (sulfide) groups is 1. The molecule has 2 aliphatic carbocycles. The van der Waals surface area contributed by atoms with Gasteiger partial charge in [-0.05, 0) is 85.0 Å². The maximum Gasteiger partial charge on any atom is 0.408 e. The molecular weight excluding hydrogens is 464 g/mol. The molecule has 4 N–H and O–H groups in total. The molecule has 1 aliphatic heterocycles. The fourth-order valence-corrected chi connectivity index (χ4v) is 7.35. The van der Waals surface area contributed by atoms with E-state index in [0.717, 1.165) is 44.9 Å². The van der Waals surface area contributed by atoms with Crippen LogP contribution in [0.3, 0.4) is 0 Å². The van der Waals surface area contributed by atoms with Gasteiger partial charge in [-0.3, -0.25) is 9.59 Å². The highest BCUT2D eigenvalue weighted by Gasteiger charge is 2.45. The predicted octanol–water partition coefficient (Wildman–Crippen LogP) is 3.57.